The lowest BCUT2D eigenvalue weighted by molar-refractivity contribution is -0.141. The monoisotopic (exact) mass is 319 g/mol. The van der Waals surface area contributed by atoms with Crippen molar-refractivity contribution >= 4 is 11.6 Å². The number of ether oxygens (including phenoxy) is 2. The molecule has 0 saturated carbocycles. The average Bonchev–Trinajstić information content (AvgIpc) is 2.55. The van der Waals surface area contributed by atoms with E-state index < -0.39 is 0 Å². The average molecular weight is 320 g/mol. The number of rotatable bonds is 8. The van der Waals surface area contributed by atoms with Crippen molar-refractivity contribution in [3.63, 3.8) is 0 Å². The first-order valence-corrected chi connectivity index (χ1v) is 8.02. The minimum absolute atomic E-state index is 0.113. The van der Waals surface area contributed by atoms with Crippen LogP contribution >= 0.6 is 11.6 Å². The van der Waals surface area contributed by atoms with Gasteiger partial charge in [-0.15, -0.1) is 0 Å². The normalized spacial score (nSPS) is 12.5. The maximum absolute atomic E-state index is 6.00. The smallest absolute Gasteiger partial charge is 0.158 e. The molecule has 0 amide bonds. The van der Waals surface area contributed by atoms with Crippen molar-refractivity contribution in [2.75, 3.05) is 13.2 Å². The van der Waals surface area contributed by atoms with E-state index in [0.29, 0.717) is 13.2 Å². The molecule has 0 saturated heterocycles. The van der Waals surface area contributed by atoms with Gasteiger partial charge in [0.15, 0.2) is 6.29 Å². The van der Waals surface area contributed by atoms with Crippen LogP contribution in [0.3, 0.4) is 0 Å². The summed E-state index contributed by atoms with van der Waals surface area (Å²) < 4.78 is 11.4. The highest BCUT2D eigenvalue weighted by Gasteiger charge is 2.21. The van der Waals surface area contributed by atoms with E-state index in [0.717, 1.165) is 22.7 Å². The van der Waals surface area contributed by atoms with Gasteiger partial charge >= 0.3 is 0 Å². The van der Waals surface area contributed by atoms with Crippen LogP contribution < -0.4 is 0 Å². The molecule has 0 bridgehead atoms. The third kappa shape index (κ3) is 4.80. The summed E-state index contributed by atoms with van der Waals surface area (Å²) in [4.78, 5) is 4.51. The molecule has 1 atom stereocenters. The Hall–Kier alpha value is -1.42. The molecule has 1 aromatic heterocycles. The van der Waals surface area contributed by atoms with Gasteiger partial charge in [-0.3, -0.25) is 4.98 Å². The van der Waals surface area contributed by atoms with Gasteiger partial charge in [0.1, 0.15) is 0 Å². The molecule has 0 aliphatic carbocycles. The Bertz CT molecular complexity index is 539. The van der Waals surface area contributed by atoms with E-state index >= 15 is 0 Å². The van der Waals surface area contributed by atoms with E-state index in [9.17, 15) is 0 Å². The molecule has 2 rings (SSSR count). The van der Waals surface area contributed by atoms with Crippen molar-refractivity contribution < 1.29 is 9.47 Å². The summed E-state index contributed by atoms with van der Waals surface area (Å²) in [5, 5.41) is 0.731. The Morgan fingerprint density at radius 3 is 2.23 bits per heavy atom. The molecular formula is C18H22ClNO2. The van der Waals surface area contributed by atoms with Gasteiger partial charge in [0, 0.05) is 42.5 Å². The standard InChI is InChI=1S/C18H22ClNO2/c1-3-21-18(22-4-2)13-16(17-7-5-6-12-20-17)14-8-10-15(19)11-9-14/h5-12,16,18H,3-4,13H2,1-2H3/t16-/m1/s1. The van der Waals surface area contributed by atoms with E-state index in [2.05, 4.69) is 4.98 Å². The van der Waals surface area contributed by atoms with Gasteiger partial charge in [-0.25, -0.2) is 0 Å². The van der Waals surface area contributed by atoms with Gasteiger partial charge in [-0.2, -0.15) is 0 Å². The van der Waals surface area contributed by atoms with E-state index in [4.69, 9.17) is 21.1 Å². The van der Waals surface area contributed by atoms with Crippen molar-refractivity contribution in [1.82, 2.24) is 4.98 Å². The number of hydrogen-bond acceptors (Lipinski definition) is 3. The summed E-state index contributed by atoms with van der Waals surface area (Å²) in [7, 11) is 0. The molecule has 22 heavy (non-hydrogen) atoms. The van der Waals surface area contributed by atoms with Crippen LogP contribution in [0.1, 0.15) is 37.4 Å². The molecule has 2 aromatic rings. The first kappa shape index (κ1) is 16.9. The molecule has 4 heteroatoms. The number of nitrogens with zero attached hydrogens (tertiary/aromatic N) is 1. The molecule has 3 nitrogen and oxygen atoms in total. The third-order valence-electron chi connectivity index (χ3n) is 3.45. The minimum Gasteiger partial charge on any atom is -0.353 e. The van der Waals surface area contributed by atoms with E-state index in [1.165, 1.54) is 0 Å². The molecule has 0 fully saturated rings. The molecule has 0 spiro atoms. The van der Waals surface area contributed by atoms with Crippen molar-refractivity contribution in [1.29, 1.82) is 0 Å². The predicted octanol–water partition coefficient (Wildman–Crippen LogP) is 4.66. The van der Waals surface area contributed by atoms with Crippen LogP contribution in [0.2, 0.25) is 5.02 Å². The summed E-state index contributed by atoms with van der Waals surface area (Å²) >= 11 is 6.00. The summed E-state index contributed by atoms with van der Waals surface area (Å²) in [5.74, 6) is 0.113. The maximum atomic E-state index is 6.00. The van der Waals surface area contributed by atoms with Gasteiger partial charge in [-0.1, -0.05) is 29.8 Å². The minimum atomic E-state index is -0.238. The van der Waals surface area contributed by atoms with Crippen molar-refractivity contribution in [2.45, 2.75) is 32.5 Å². The van der Waals surface area contributed by atoms with Crippen LogP contribution in [0.5, 0.6) is 0 Å². The number of hydrogen-bond donors (Lipinski definition) is 0. The van der Waals surface area contributed by atoms with Gasteiger partial charge in [0.2, 0.25) is 0 Å². The van der Waals surface area contributed by atoms with Gasteiger partial charge in [0.25, 0.3) is 0 Å². The van der Waals surface area contributed by atoms with Crippen molar-refractivity contribution in [3.8, 4) is 0 Å². The zero-order valence-electron chi connectivity index (χ0n) is 13.0. The third-order valence-corrected chi connectivity index (χ3v) is 3.70. The summed E-state index contributed by atoms with van der Waals surface area (Å²) in [5.41, 5.74) is 2.17. The molecule has 1 aromatic carbocycles. The summed E-state index contributed by atoms with van der Waals surface area (Å²) in [6.45, 7) is 5.20. The number of halogens is 1. The van der Waals surface area contributed by atoms with Crippen molar-refractivity contribution in [2.24, 2.45) is 0 Å². The lowest BCUT2D eigenvalue weighted by Crippen LogP contribution is -2.21. The Kier molecular flexibility index (Phi) is 6.84. The summed E-state index contributed by atoms with van der Waals surface area (Å²) in [6, 6.07) is 13.8. The highest BCUT2D eigenvalue weighted by molar-refractivity contribution is 6.30. The SMILES string of the molecule is CCOC(C[C@H](c1ccc(Cl)cc1)c1ccccn1)OCC. The van der Waals surface area contributed by atoms with Gasteiger partial charge in [0.05, 0.1) is 0 Å². The van der Waals surface area contributed by atoms with E-state index in [1.807, 2.05) is 62.5 Å². The zero-order valence-corrected chi connectivity index (χ0v) is 13.8. The van der Waals surface area contributed by atoms with Crippen LogP contribution in [0.4, 0.5) is 0 Å². The van der Waals surface area contributed by atoms with E-state index in [1.54, 1.807) is 0 Å². The largest absolute Gasteiger partial charge is 0.353 e. The second kappa shape index (κ2) is 8.89. The predicted molar refractivity (Wildman–Crippen MR) is 89.2 cm³/mol. The van der Waals surface area contributed by atoms with Crippen molar-refractivity contribution in [3.05, 3.63) is 64.9 Å². The second-order valence-corrected chi connectivity index (χ2v) is 5.37. The molecule has 1 heterocycles. The fourth-order valence-corrected chi connectivity index (χ4v) is 2.58. The molecule has 0 unspecified atom stereocenters. The van der Waals surface area contributed by atoms with E-state index in [-0.39, 0.29) is 12.2 Å². The van der Waals surface area contributed by atoms with Gasteiger partial charge in [-0.05, 0) is 43.7 Å². The Morgan fingerprint density at radius 1 is 1.00 bits per heavy atom. The first-order chi connectivity index (χ1) is 10.7. The number of aromatic nitrogens is 1. The van der Waals surface area contributed by atoms with Gasteiger partial charge < -0.3 is 9.47 Å². The zero-order chi connectivity index (χ0) is 15.8. The van der Waals surface area contributed by atoms with Crippen LogP contribution in [0, 0.1) is 0 Å². The number of pyridine rings is 1. The van der Waals surface area contributed by atoms with Crippen LogP contribution in [-0.2, 0) is 9.47 Å². The Morgan fingerprint density at radius 2 is 1.68 bits per heavy atom. The highest BCUT2D eigenvalue weighted by atomic mass is 35.5. The Balaban J connectivity index is 2.27. The molecule has 0 radical (unpaired) electrons. The first-order valence-electron chi connectivity index (χ1n) is 7.64. The Labute approximate surface area is 137 Å². The van der Waals surface area contributed by atoms with Crippen LogP contribution in [-0.4, -0.2) is 24.5 Å². The van der Waals surface area contributed by atoms with Crippen LogP contribution in [0.25, 0.3) is 0 Å². The molecular weight excluding hydrogens is 298 g/mol. The lowest BCUT2D eigenvalue weighted by Gasteiger charge is -2.23. The molecule has 0 N–H and O–H groups in total. The molecule has 0 aliphatic rings. The topological polar surface area (TPSA) is 31.4 Å². The lowest BCUT2D eigenvalue weighted by atomic mass is 9.91. The fraction of sp³-hybridized carbons (Fsp3) is 0.389. The molecule has 0 aliphatic heterocycles. The maximum Gasteiger partial charge on any atom is 0.158 e. The molecule has 118 valence electrons. The second-order valence-electron chi connectivity index (χ2n) is 4.93. The van der Waals surface area contributed by atoms with Crippen LogP contribution in [0.15, 0.2) is 48.7 Å². The summed E-state index contributed by atoms with van der Waals surface area (Å²) in [6.07, 6.45) is 2.30. The highest BCUT2D eigenvalue weighted by Crippen LogP contribution is 2.30. The number of benzene rings is 1. The quantitative estimate of drug-likeness (QED) is 0.663. The fourth-order valence-electron chi connectivity index (χ4n) is 2.45.